The number of amides is 1. The van der Waals surface area contributed by atoms with Crippen molar-refractivity contribution in [3.8, 4) is 0 Å². The molecule has 25 heavy (non-hydrogen) atoms. The summed E-state index contributed by atoms with van der Waals surface area (Å²) in [5.41, 5.74) is 1.38. The molecule has 0 radical (unpaired) electrons. The lowest BCUT2D eigenvalue weighted by atomic mass is 10.2. The van der Waals surface area contributed by atoms with Crippen LogP contribution in [0.25, 0.3) is 0 Å². The van der Waals surface area contributed by atoms with Gasteiger partial charge in [0.15, 0.2) is 0 Å². The number of rotatable bonds is 5. The minimum Gasteiger partial charge on any atom is -0.467 e. The number of furan rings is 1. The van der Waals surface area contributed by atoms with Gasteiger partial charge in [-0.25, -0.2) is 0 Å². The molecule has 1 N–H and O–H groups in total. The van der Waals surface area contributed by atoms with Crippen LogP contribution in [0.2, 0.25) is 0 Å². The molecule has 1 fully saturated rings. The van der Waals surface area contributed by atoms with E-state index < -0.39 is 4.92 Å². The minimum atomic E-state index is -0.401. The third kappa shape index (κ3) is 3.90. The van der Waals surface area contributed by atoms with Crippen molar-refractivity contribution in [1.82, 2.24) is 4.90 Å². The molecule has 1 amide bonds. The fourth-order valence-corrected chi connectivity index (χ4v) is 2.90. The van der Waals surface area contributed by atoms with Gasteiger partial charge < -0.3 is 19.5 Å². The molecule has 8 nitrogen and oxygen atoms in total. The number of nitro benzene ring substituents is 1. The van der Waals surface area contributed by atoms with Crippen molar-refractivity contribution in [2.45, 2.75) is 13.5 Å². The maximum Gasteiger partial charge on any atom is 0.292 e. The van der Waals surface area contributed by atoms with Crippen LogP contribution in [0.3, 0.4) is 0 Å². The van der Waals surface area contributed by atoms with Crippen LogP contribution >= 0.6 is 0 Å². The first kappa shape index (κ1) is 16.8. The summed E-state index contributed by atoms with van der Waals surface area (Å²) >= 11 is 0. The van der Waals surface area contributed by atoms with E-state index in [1.54, 1.807) is 36.3 Å². The van der Waals surface area contributed by atoms with Gasteiger partial charge in [-0.2, -0.15) is 0 Å². The van der Waals surface area contributed by atoms with Crippen LogP contribution in [0.5, 0.6) is 0 Å². The summed E-state index contributed by atoms with van der Waals surface area (Å²) in [5.74, 6) is 0.777. The van der Waals surface area contributed by atoms with Crippen LogP contribution in [0.4, 0.5) is 17.1 Å². The van der Waals surface area contributed by atoms with E-state index in [9.17, 15) is 14.9 Å². The zero-order valence-electron chi connectivity index (χ0n) is 14.0. The standard InChI is InChI=1S/C17H20N4O4/c1-13(22)19-6-8-20(9-7-19)14-4-5-17(21(23)24)16(11-14)18-12-15-3-2-10-25-15/h2-5,10-11,18H,6-9,12H2,1H3. The van der Waals surface area contributed by atoms with Crippen LogP contribution in [0.15, 0.2) is 41.0 Å². The van der Waals surface area contributed by atoms with E-state index in [4.69, 9.17) is 4.42 Å². The average Bonchev–Trinajstić information content (AvgIpc) is 3.13. The molecule has 2 aromatic rings. The predicted molar refractivity (Wildman–Crippen MR) is 93.6 cm³/mol. The first-order chi connectivity index (χ1) is 12.0. The minimum absolute atomic E-state index is 0.0256. The van der Waals surface area contributed by atoms with Gasteiger partial charge in [-0.3, -0.25) is 14.9 Å². The summed E-state index contributed by atoms with van der Waals surface area (Å²) in [7, 11) is 0. The van der Waals surface area contributed by atoms with Crippen molar-refractivity contribution in [3.05, 3.63) is 52.5 Å². The molecule has 8 heteroatoms. The number of nitro groups is 1. The average molecular weight is 344 g/mol. The molecular formula is C17H20N4O4. The Morgan fingerprint density at radius 3 is 2.64 bits per heavy atom. The molecule has 0 saturated carbocycles. The highest BCUT2D eigenvalue weighted by Crippen LogP contribution is 2.30. The molecule has 2 heterocycles. The lowest BCUT2D eigenvalue weighted by Crippen LogP contribution is -2.48. The molecule has 0 unspecified atom stereocenters. The van der Waals surface area contributed by atoms with Gasteiger partial charge in [0.1, 0.15) is 11.4 Å². The number of carbonyl (C=O) groups excluding carboxylic acids is 1. The fourth-order valence-electron chi connectivity index (χ4n) is 2.90. The molecule has 0 bridgehead atoms. The Morgan fingerprint density at radius 1 is 1.28 bits per heavy atom. The quantitative estimate of drug-likeness (QED) is 0.662. The molecule has 0 aliphatic carbocycles. The SMILES string of the molecule is CC(=O)N1CCN(c2ccc([N+](=O)[O-])c(NCc3ccco3)c2)CC1. The zero-order chi connectivity index (χ0) is 17.8. The second-order valence-electron chi connectivity index (χ2n) is 5.88. The lowest BCUT2D eigenvalue weighted by molar-refractivity contribution is -0.384. The van der Waals surface area contributed by atoms with Gasteiger partial charge in [0.25, 0.3) is 5.69 Å². The maximum atomic E-state index is 11.4. The van der Waals surface area contributed by atoms with Crippen molar-refractivity contribution in [3.63, 3.8) is 0 Å². The Balaban J connectivity index is 1.75. The number of piperazine rings is 1. The smallest absolute Gasteiger partial charge is 0.292 e. The molecule has 1 aromatic heterocycles. The number of benzene rings is 1. The Hall–Kier alpha value is -3.03. The Labute approximate surface area is 145 Å². The highest BCUT2D eigenvalue weighted by Gasteiger charge is 2.21. The number of nitrogens with one attached hydrogen (secondary N) is 1. The third-order valence-corrected chi connectivity index (χ3v) is 4.30. The number of hydrogen-bond donors (Lipinski definition) is 1. The van der Waals surface area contributed by atoms with Gasteiger partial charge in [0, 0.05) is 44.9 Å². The Kier molecular flexibility index (Phi) is 4.87. The summed E-state index contributed by atoms with van der Waals surface area (Å²) in [6.07, 6.45) is 1.57. The first-order valence-corrected chi connectivity index (χ1v) is 8.10. The van der Waals surface area contributed by atoms with Crippen molar-refractivity contribution in [2.24, 2.45) is 0 Å². The van der Waals surface area contributed by atoms with Gasteiger partial charge in [-0.15, -0.1) is 0 Å². The molecule has 1 aromatic carbocycles. The van der Waals surface area contributed by atoms with E-state index >= 15 is 0 Å². The fraction of sp³-hybridized carbons (Fsp3) is 0.353. The Morgan fingerprint density at radius 2 is 2.04 bits per heavy atom. The van der Waals surface area contributed by atoms with Gasteiger partial charge in [0.2, 0.25) is 5.91 Å². The van der Waals surface area contributed by atoms with Crippen molar-refractivity contribution >= 4 is 23.0 Å². The van der Waals surface area contributed by atoms with Crippen LogP contribution in [-0.2, 0) is 11.3 Å². The number of anilines is 2. The molecule has 3 rings (SSSR count). The molecular weight excluding hydrogens is 324 g/mol. The summed E-state index contributed by atoms with van der Waals surface area (Å²) in [6.45, 7) is 4.65. The predicted octanol–water partition coefficient (Wildman–Crippen LogP) is 2.47. The van der Waals surface area contributed by atoms with Gasteiger partial charge >= 0.3 is 0 Å². The topological polar surface area (TPSA) is 91.9 Å². The lowest BCUT2D eigenvalue weighted by Gasteiger charge is -2.35. The van der Waals surface area contributed by atoms with Gasteiger partial charge in [-0.05, 0) is 24.3 Å². The van der Waals surface area contributed by atoms with Crippen molar-refractivity contribution in [2.75, 3.05) is 36.4 Å². The monoisotopic (exact) mass is 344 g/mol. The molecule has 132 valence electrons. The molecule has 1 saturated heterocycles. The Bertz CT molecular complexity index is 752. The van der Waals surface area contributed by atoms with E-state index in [0.717, 1.165) is 5.69 Å². The number of carbonyl (C=O) groups is 1. The van der Waals surface area contributed by atoms with E-state index in [2.05, 4.69) is 10.2 Å². The van der Waals surface area contributed by atoms with Crippen molar-refractivity contribution in [1.29, 1.82) is 0 Å². The summed E-state index contributed by atoms with van der Waals surface area (Å²) in [4.78, 5) is 26.2. The third-order valence-electron chi connectivity index (χ3n) is 4.30. The second kappa shape index (κ2) is 7.25. The van der Waals surface area contributed by atoms with Gasteiger partial charge in [0.05, 0.1) is 17.7 Å². The first-order valence-electron chi connectivity index (χ1n) is 8.10. The normalized spacial score (nSPS) is 14.4. The van der Waals surface area contributed by atoms with E-state index in [1.165, 1.54) is 6.07 Å². The van der Waals surface area contributed by atoms with Crippen LogP contribution < -0.4 is 10.2 Å². The molecule has 1 aliphatic heterocycles. The van der Waals surface area contributed by atoms with Gasteiger partial charge in [-0.1, -0.05) is 0 Å². The number of hydrogen-bond acceptors (Lipinski definition) is 6. The molecule has 1 aliphatic rings. The zero-order valence-corrected chi connectivity index (χ0v) is 14.0. The largest absolute Gasteiger partial charge is 0.467 e. The highest BCUT2D eigenvalue weighted by molar-refractivity contribution is 5.74. The molecule has 0 atom stereocenters. The van der Waals surface area contributed by atoms with E-state index in [1.807, 2.05) is 6.07 Å². The van der Waals surface area contributed by atoms with Crippen LogP contribution in [0, 0.1) is 10.1 Å². The van der Waals surface area contributed by atoms with Crippen molar-refractivity contribution < 1.29 is 14.1 Å². The number of nitrogens with zero attached hydrogens (tertiary/aromatic N) is 3. The maximum absolute atomic E-state index is 11.4. The summed E-state index contributed by atoms with van der Waals surface area (Å²) < 4.78 is 5.26. The second-order valence-corrected chi connectivity index (χ2v) is 5.88. The van der Waals surface area contributed by atoms with Crippen LogP contribution in [0.1, 0.15) is 12.7 Å². The summed E-state index contributed by atoms with van der Waals surface area (Å²) in [5, 5.41) is 14.3. The highest BCUT2D eigenvalue weighted by atomic mass is 16.6. The molecule has 0 spiro atoms. The van der Waals surface area contributed by atoms with E-state index in [0.29, 0.717) is 44.2 Å². The van der Waals surface area contributed by atoms with Crippen LogP contribution in [-0.4, -0.2) is 41.9 Å². The summed E-state index contributed by atoms with van der Waals surface area (Å²) in [6, 6.07) is 8.63. The van der Waals surface area contributed by atoms with E-state index in [-0.39, 0.29) is 11.6 Å².